The summed E-state index contributed by atoms with van der Waals surface area (Å²) in [4.78, 5) is 37.9. The highest BCUT2D eigenvalue weighted by atomic mass is 16.5. The maximum atomic E-state index is 12.2. The summed E-state index contributed by atoms with van der Waals surface area (Å²) in [7, 11) is 0. The fourth-order valence-corrected chi connectivity index (χ4v) is 2.48. The Morgan fingerprint density at radius 1 is 1.21 bits per heavy atom. The lowest BCUT2D eigenvalue weighted by atomic mass is 9.91. The molecule has 0 unspecified atom stereocenters. The number of anilines is 1. The topological polar surface area (TPSA) is 63.7 Å². The zero-order chi connectivity index (χ0) is 18.1. The van der Waals surface area contributed by atoms with Crippen LogP contribution in [0.15, 0.2) is 18.2 Å². The predicted octanol–water partition coefficient (Wildman–Crippen LogP) is 2.81. The van der Waals surface area contributed by atoms with Gasteiger partial charge in [0.25, 0.3) is 0 Å². The molecule has 0 saturated carbocycles. The van der Waals surface area contributed by atoms with Gasteiger partial charge >= 0.3 is 5.97 Å². The van der Waals surface area contributed by atoms with Gasteiger partial charge in [-0.1, -0.05) is 26.8 Å². The molecule has 1 saturated heterocycles. The molecule has 0 aliphatic carbocycles. The van der Waals surface area contributed by atoms with Crippen molar-refractivity contribution in [2.75, 3.05) is 18.1 Å². The first-order valence-electron chi connectivity index (χ1n) is 8.17. The molecule has 1 aliphatic heterocycles. The van der Waals surface area contributed by atoms with Crippen LogP contribution >= 0.6 is 0 Å². The van der Waals surface area contributed by atoms with Gasteiger partial charge in [-0.2, -0.15) is 0 Å². The first-order chi connectivity index (χ1) is 11.1. The van der Waals surface area contributed by atoms with Crippen LogP contribution in [0.2, 0.25) is 0 Å². The zero-order valence-electron chi connectivity index (χ0n) is 15.0. The highest BCUT2D eigenvalue weighted by Gasteiger charge is 2.36. The molecule has 0 spiro atoms. The summed E-state index contributed by atoms with van der Waals surface area (Å²) in [5.74, 6) is -1.23. The van der Waals surface area contributed by atoms with Crippen molar-refractivity contribution in [2.45, 2.75) is 41.0 Å². The van der Waals surface area contributed by atoms with Crippen molar-refractivity contribution in [3.05, 3.63) is 29.3 Å². The Kier molecular flexibility index (Phi) is 5.11. The van der Waals surface area contributed by atoms with Crippen LogP contribution in [0.5, 0.6) is 0 Å². The van der Waals surface area contributed by atoms with E-state index in [4.69, 9.17) is 4.74 Å². The molecule has 0 bridgehead atoms. The normalized spacial score (nSPS) is 18.0. The van der Waals surface area contributed by atoms with Crippen LogP contribution in [0.3, 0.4) is 0 Å². The number of carbonyl (C=O) groups excluding carboxylic acids is 3. The highest BCUT2D eigenvalue weighted by Crippen LogP contribution is 2.27. The van der Waals surface area contributed by atoms with Gasteiger partial charge in [0.1, 0.15) is 0 Å². The molecule has 1 aromatic carbocycles. The average molecular weight is 331 g/mol. The van der Waals surface area contributed by atoms with Gasteiger partial charge in [-0.05, 0) is 37.1 Å². The van der Waals surface area contributed by atoms with Crippen LogP contribution in [0, 0.1) is 25.2 Å². The Balaban J connectivity index is 2.00. The van der Waals surface area contributed by atoms with Gasteiger partial charge in [-0.3, -0.25) is 14.4 Å². The maximum Gasteiger partial charge on any atom is 0.311 e. The van der Waals surface area contributed by atoms with Crippen LogP contribution < -0.4 is 4.90 Å². The molecular formula is C19H25NO4. The number of rotatable bonds is 4. The van der Waals surface area contributed by atoms with Crippen LogP contribution in [0.1, 0.15) is 38.3 Å². The summed E-state index contributed by atoms with van der Waals surface area (Å²) in [5, 5.41) is 0. The van der Waals surface area contributed by atoms with E-state index < -0.39 is 17.3 Å². The molecule has 1 amide bonds. The molecule has 1 aliphatic rings. The number of hydrogen-bond acceptors (Lipinski definition) is 4. The van der Waals surface area contributed by atoms with E-state index in [0.717, 1.165) is 16.8 Å². The second kappa shape index (κ2) is 6.75. The Morgan fingerprint density at radius 2 is 1.88 bits per heavy atom. The highest BCUT2D eigenvalue weighted by molar-refractivity contribution is 5.99. The summed E-state index contributed by atoms with van der Waals surface area (Å²) >= 11 is 0. The van der Waals surface area contributed by atoms with E-state index in [9.17, 15) is 14.4 Å². The second-order valence-electron chi connectivity index (χ2n) is 7.45. The van der Waals surface area contributed by atoms with Crippen molar-refractivity contribution in [3.63, 3.8) is 0 Å². The molecule has 24 heavy (non-hydrogen) atoms. The van der Waals surface area contributed by atoms with Gasteiger partial charge < -0.3 is 9.64 Å². The van der Waals surface area contributed by atoms with E-state index in [1.165, 1.54) is 0 Å². The predicted molar refractivity (Wildman–Crippen MR) is 91.8 cm³/mol. The van der Waals surface area contributed by atoms with E-state index in [2.05, 4.69) is 0 Å². The first kappa shape index (κ1) is 18.2. The molecule has 1 aromatic rings. The molecule has 1 fully saturated rings. The van der Waals surface area contributed by atoms with Crippen molar-refractivity contribution < 1.29 is 19.1 Å². The third-order valence-electron chi connectivity index (χ3n) is 4.44. The summed E-state index contributed by atoms with van der Waals surface area (Å²) in [6.45, 7) is 9.40. The third kappa shape index (κ3) is 4.02. The van der Waals surface area contributed by atoms with E-state index in [-0.39, 0.29) is 24.7 Å². The van der Waals surface area contributed by atoms with Crippen LogP contribution in [0.25, 0.3) is 0 Å². The van der Waals surface area contributed by atoms with Crippen molar-refractivity contribution in [2.24, 2.45) is 11.3 Å². The lowest BCUT2D eigenvalue weighted by Crippen LogP contribution is -2.30. The molecular weight excluding hydrogens is 306 g/mol. The largest absolute Gasteiger partial charge is 0.457 e. The minimum absolute atomic E-state index is 0.0950. The minimum Gasteiger partial charge on any atom is -0.457 e. The minimum atomic E-state index is -0.544. The lowest BCUT2D eigenvalue weighted by molar-refractivity contribution is -0.153. The number of Topliss-reactive ketones (excluding diaryl/α,β-unsaturated/α-hetero) is 1. The summed E-state index contributed by atoms with van der Waals surface area (Å²) in [6, 6.07) is 5.80. The summed E-state index contributed by atoms with van der Waals surface area (Å²) in [5.41, 5.74) is 2.50. The molecule has 130 valence electrons. The number of ketones is 1. The fraction of sp³-hybridized carbons (Fsp3) is 0.526. The van der Waals surface area contributed by atoms with Crippen LogP contribution in [-0.2, 0) is 19.1 Å². The number of hydrogen-bond donors (Lipinski definition) is 0. The van der Waals surface area contributed by atoms with Gasteiger partial charge in [0.15, 0.2) is 12.4 Å². The molecule has 0 N–H and O–H groups in total. The van der Waals surface area contributed by atoms with Crippen LogP contribution in [0.4, 0.5) is 5.69 Å². The smallest absolute Gasteiger partial charge is 0.311 e. The number of nitrogens with zero attached hydrogens (tertiary/aromatic N) is 1. The van der Waals surface area contributed by atoms with Gasteiger partial charge in [0.05, 0.1) is 5.92 Å². The van der Waals surface area contributed by atoms with Crippen molar-refractivity contribution >= 4 is 23.3 Å². The first-order valence-corrected chi connectivity index (χ1v) is 8.17. The number of carbonyl (C=O) groups is 3. The fourth-order valence-electron chi connectivity index (χ4n) is 2.48. The van der Waals surface area contributed by atoms with Crippen molar-refractivity contribution in [1.29, 1.82) is 0 Å². The molecule has 1 heterocycles. The number of amides is 1. The van der Waals surface area contributed by atoms with E-state index in [1.54, 1.807) is 25.7 Å². The van der Waals surface area contributed by atoms with Crippen molar-refractivity contribution in [1.82, 2.24) is 0 Å². The Labute approximate surface area is 143 Å². The van der Waals surface area contributed by atoms with Gasteiger partial charge in [-0.25, -0.2) is 0 Å². The Morgan fingerprint density at radius 3 is 2.46 bits per heavy atom. The molecule has 2 rings (SSSR count). The number of ether oxygens (including phenoxy) is 1. The Bertz CT molecular complexity index is 672. The number of aryl methyl sites for hydroxylation is 2. The molecule has 5 nitrogen and oxygen atoms in total. The monoisotopic (exact) mass is 331 g/mol. The summed E-state index contributed by atoms with van der Waals surface area (Å²) in [6.07, 6.45) is 0.121. The lowest BCUT2D eigenvalue weighted by Gasteiger charge is -2.19. The molecule has 5 heteroatoms. The van der Waals surface area contributed by atoms with Crippen LogP contribution in [-0.4, -0.2) is 30.8 Å². The van der Waals surface area contributed by atoms with E-state index in [1.807, 2.05) is 32.0 Å². The molecule has 0 aromatic heterocycles. The molecule has 1 atom stereocenters. The Hall–Kier alpha value is -2.17. The van der Waals surface area contributed by atoms with Gasteiger partial charge in [0.2, 0.25) is 5.91 Å². The third-order valence-corrected chi connectivity index (χ3v) is 4.44. The number of benzene rings is 1. The van der Waals surface area contributed by atoms with E-state index >= 15 is 0 Å². The summed E-state index contributed by atoms with van der Waals surface area (Å²) < 4.78 is 5.12. The SMILES string of the molecule is Cc1ccc(N2C[C@H](C(=O)OCC(=O)C(C)(C)C)CC2=O)cc1C. The van der Waals surface area contributed by atoms with Gasteiger partial charge in [-0.15, -0.1) is 0 Å². The maximum absolute atomic E-state index is 12.2. The zero-order valence-corrected chi connectivity index (χ0v) is 15.0. The quantitative estimate of drug-likeness (QED) is 0.796. The standard InChI is InChI=1S/C19H25NO4/c1-12-6-7-15(8-13(12)2)20-10-14(9-17(20)22)18(23)24-11-16(21)19(3,4)5/h6-8,14H,9-11H2,1-5H3/t14-/m1/s1. The average Bonchev–Trinajstić information content (AvgIpc) is 2.88. The number of esters is 1. The second-order valence-corrected chi connectivity index (χ2v) is 7.45. The van der Waals surface area contributed by atoms with E-state index in [0.29, 0.717) is 6.54 Å². The van der Waals surface area contributed by atoms with Crippen molar-refractivity contribution in [3.8, 4) is 0 Å². The molecule has 0 radical (unpaired) electrons. The van der Waals surface area contributed by atoms with Gasteiger partial charge in [0, 0.05) is 24.1 Å².